The van der Waals surface area contributed by atoms with Crippen molar-refractivity contribution < 1.29 is 9.50 Å². The molecular formula is C18H29FIN3O. The minimum absolute atomic E-state index is 0. The van der Waals surface area contributed by atoms with Crippen LogP contribution in [0.5, 0.6) is 0 Å². The van der Waals surface area contributed by atoms with Gasteiger partial charge in [0.25, 0.3) is 0 Å². The molecule has 0 radical (unpaired) electrons. The summed E-state index contributed by atoms with van der Waals surface area (Å²) >= 11 is 0. The Hall–Kier alpha value is -0.890. The summed E-state index contributed by atoms with van der Waals surface area (Å²) in [6.07, 6.45) is 3.76. The van der Waals surface area contributed by atoms with E-state index in [1.165, 1.54) is 0 Å². The monoisotopic (exact) mass is 449 g/mol. The van der Waals surface area contributed by atoms with Crippen molar-refractivity contribution in [2.45, 2.75) is 58.1 Å². The molecule has 1 atom stereocenters. The first kappa shape index (κ1) is 21.2. The summed E-state index contributed by atoms with van der Waals surface area (Å²) in [5.74, 6) is 0.458. The summed E-state index contributed by atoms with van der Waals surface area (Å²) in [7, 11) is 0. The lowest BCUT2D eigenvalue weighted by molar-refractivity contribution is 0.0574. The second-order valence-electron chi connectivity index (χ2n) is 6.50. The van der Waals surface area contributed by atoms with Gasteiger partial charge in [-0.1, -0.05) is 25.0 Å². The predicted octanol–water partition coefficient (Wildman–Crippen LogP) is 3.67. The van der Waals surface area contributed by atoms with Crippen LogP contribution in [0.4, 0.5) is 4.39 Å². The zero-order chi connectivity index (χ0) is 16.9. The molecular weight excluding hydrogens is 420 g/mol. The van der Waals surface area contributed by atoms with E-state index in [0.717, 1.165) is 37.8 Å². The van der Waals surface area contributed by atoms with Gasteiger partial charge in [0.1, 0.15) is 5.82 Å². The lowest BCUT2D eigenvalue weighted by Crippen LogP contribution is -2.40. The van der Waals surface area contributed by atoms with Crippen molar-refractivity contribution in [3.05, 3.63) is 35.1 Å². The molecule has 136 valence electrons. The number of aliphatic hydroxyl groups is 1. The minimum atomic E-state index is -0.665. The Morgan fingerprint density at radius 3 is 2.62 bits per heavy atom. The highest BCUT2D eigenvalue weighted by Crippen LogP contribution is 2.29. The van der Waals surface area contributed by atoms with Crippen molar-refractivity contribution in [2.24, 2.45) is 4.99 Å². The van der Waals surface area contributed by atoms with E-state index >= 15 is 0 Å². The first-order chi connectivity index (χ1) is 10.9. The molecule has 1 fully saturated rings. The first-order valence-corrected chi connectivity index (χ1v) is 8.47. The number of nitrogens with one attached hydrogen (secondary N) is 2. The zero-order valence-corrected chi connectivity index (χ0v) is 17.1. The summed E-state index contributed by atoms with van der Waals surface area (Å²) in [6, 6.07) is 5.19. The third-order valence-corrected chi connectivity index (χ3v) is 4.46. The Morgan fingerprint density at radius 2 is 2.04 bits per heavy atom. The van der Waals surface area contributed by atoms with Crippen LogP contribution in [0.15, 0.2) is 23.2 Å². The second kappa shape index (κ2) is 9.56. The molecule has 1 aromatic rings. The number of guanidine groups is 1. The van der Waals surface area contributed by atoms with Crippen LogP contribution in [0.2, 0.25) is 0 Å². The Kier molecular flexibility index (Phi) is 8.42. The molecule has 0 saturated heterocycles. The van der Waals surface area contributed by atoms with Crippen molar-refractivity contribution >= 4 is 29.9 Å². The molecule has 24 heavy (non-hydrogen) atoms. The molecule has 0 aliphatic heterocycles. The lowest BCUT2D eigenvalue weighted by atomic mass is 10.0. The molecule has 4 nitrogen and oxygen atoms in total. The van der Waals surface area contributed by atoms with Crippen LogP contribution in [-0.2, 0) is 0 Å². The quantitative estimate of drug-likeness (QED) is 0.365. The van der Waals surface area contributed by atoms with E-state index in [-0.39, 0.29) is 35.8 Å². The highest BCUT2D eigenvalue weighted by molar-refractivity contribution is 14.0. The Bertz CT molecular complexity index is 559. The molecule has 0 spiro atoms. The minimum Gasteiger partial charge on any atom is -0.388 e. The van der Waals surface area contributed by atoms with E-state index in [4.69, 9.17) is 0 Å². The van der Waals surface area contributed by atoms with Gasteiger partial charge in [-0.3, -0.25) is 4.99 Å². The second-order valence-corrected chi connectivity index (χ2v) is 6.50. The normalized spacial score (nSPS) is 18.0. The van der Waals surface area contributed by atoms with Gasteiger partial charge in [-0.2, -0.15) is 0 Å². The SMILES string of the molecule is CCNC(=NCC1(O)CCCC1)NC(C)c1ccc(C)c(F)c1.I. The van der Waals surface area contributed by atoms with Gasteiger partial charge in [-0.15, -0.1) is 24.0 Å². The number of aryl methyl sites for hydroxylation is 1. The standard InChI is InChI=1S/C18H28FN3O.HI/c1-4-20-17(21-12-18(23)9-5-6-10-18)22-14(3)15-8-7-13(2)16(19)11-15;/h7-8,11,14,23H,4-6,9-10,12H2,1-3H3,(H2,20,21,22);1H. The van der Waals surface area contributed by atoms with Crippen molar-refractivity contribution in [2.75, 3.05) is 13.1 Å². The van der Waals surface area contributed by atoms with Crippen molar-refractivity contribution in [3.8, 4) is 0 Å². The Balaban J connectivity index is 0.00000288. The van der Waals surface area contributed by atoms with E-state index in [0.29, 0.717) is 18.1 Å². The maximum atomic E-state index is 13.7. The third-order valence-electron chi connectivity index (χ3n) is 4.46. The fourth-order valence-corrected chi connectivity index (χ4v) is 2.90. The largest absolute Gasteiger partial charge is 0.388 e. The fourth-order valence-electron chi connectivity index (χ4n) is 2.90. The molecule has 2 rings (SSSR count). The molecule has 0 heterocycles. The van der Waals surface area contributed by atoms with E-state index in [2.05, 4.69) is 15.6 Å². The maximum Gasteiger partial charge on any atom is 0.191 e. The molecule has 0 amide bonds. The van der Waals surface area contributed by atoms with Crippen molar-refractivity contribution in [3.63, 3.8) is 0 Å². The van der Waals surface area contributed by atoms with Gasteiger partial charge < -0.3 is 15.7 Å². The van der Waals surface area contributed by atoms with Crippen LogP contribution in [0.1, 0.15) is 56.7 Å². The molecule has 0 bridgehead atoms. The van der Waals surface area contributed by atoms with Crippen LogP contribution in [0.3, 0.4) is 0 Å². The van der Waals surface area contributed by atoms with E-state index < -0.39 is 5.60 Å². The average molecular weight is 449 g/mol. The topological polar surface area (TPSA) is 56.7 Å². The molecule has 1 aliphatic carbocycles. The van der Waals surface area contributed by atoms with Crippen molar-refractivity contribution in [1.82, 2.24) is 10.6 Å². The maximum absolute atomic E-state index is 13.7. The van der Waals surface area contributed by atoms with Gasteiger partial charge in [-0.05, 0) is 50.8 Å². The number of aliphatic imine (C=N–C) groups is 1. The number of rotatable bonds is 5. The van der Waals surface area contributed by atoms with E-state index in [1.807, 2.05) is 19.9 Å². The van der Waals surface area contributed by atoms with E-state index in [9.17, 15) is 9.50 Å². The third kappa shape index (κ3) is 5.88. The van der Waals surface area contributed by atoms with Gasteiger partial charge >= 0.3 is 0 Å². The van der Waals surface area contributed by atoms with Crippen LogP contribution >= 0.6 is 24.0 Å². The van der Waals surface area contributed by atoms with Crippen molar-refractivity contribution in [1.29, 1.82) is 0 Å². The number of nitrogens with zero attached hydrogens (tertiary/aromatic N) is 1. The lowest BCUT2D eigenvalue weighted by Gasteiger charge is -2.22. The first-order valence-electron chi connectivity index (χ1n) is 8.47. The van der Waals surface area contributed by atoms with Gasteiger partial charge in [0.15, 0.2) is 5.96 Å². The van der Waals surface area contributed by atoms with Gasteiger partial charge in [0.05, 0.1) is 18.2 Å². The molecule has 1 unspecified atom stereocenters. The Labute approximate surface area is 161 Å². The molecule has 3 N–H and O–H groups in total. The summed E-state index contributed by atoms with van der Waals surface area (Å²) in [5, 5.41) is 16.9. The molecule has 0 aromatic heterocycles. The summed E-state index contributed by atoms with van der Waals surface area (Å²) in [5.41, 5.74) is 0.852. The number of hydrogen-bond acceptors (Lipinski definition) is 2. The Morgan fingerprint density at radius 1 is 1.38 bits per heavy atom. The smallest absolute Gasteiger partial charge is 0.191 e. The van der Waals surface area contributed by atoms with Crippen LogP contribution < -0.4 is 10.6 Å². The molecule has 1 aliphatic rings. The van der Waals surface area contributed by atoms with Gasteiger partial charge in [0, 0.05) is 6.54 Å². The summed E-state index contributed by atoms with van der Waals surface area (Å²) in [6.45, 7) is 6.86. The highest BCUT2D eigenvalue weighted by Gasteiger charge is 2.30. The molecule has 6 heteroatoms. The number of halogens is 2. The van der Waals surface area contributed by atoms with E-state index in [1.54, 1.807) is 19.1 Å². The summed E-state index contributed by atoms with van der Waals surface area (Å²) < 4.78 is 13.7. The number of hydrogen-bond donors (Lipinski definition) is 3. The molecule has 1 aromatic carbocycles. The number of benzene rings is 1. The van der Waals surface area contributed by atoms with Crippen LogP contribution in [0.25, 0.3) is 0 Å². The molecule has 1 saturated carbocycles. The highest BCUT2D eigenvalue weighted by atomic mass is 127. The van der Waals surface area contributed by atoms with Crippen LogP contribution in [-0.4, -0.2) is 29.8 Å². The summed E-state index contributed by atoms with van der Waals surface area (Å²) in [4.78, 5) is 4.52. The van der Waals surface area contributed by atoms with Gasteiger partial charge in [-0.25, -0.2) is 4.39 Å². The van der Waals surface area contributed by atoms with Crippen LogP contribution in [0, 0.1) is 12.7 Å². The predicted molar refractivity (Wildman–Crippen MR) is 107 cm³/mol. The average Bonchev–Trinajstić information content (AvgIpc) is 2.95. The fraction of sp³-hybridized carbons (Fsp3) is 0.611. The zero-order valence-electron chi connectivity index (χ0n) is 14.7. The van der Waals surface area contributed by atoms with Gasteiger partial charge in [0.2, 0.25) is 0 Å².